The van der Waals surface area contributed by atoms with Crippen molar-refractivity contribution in [3.8, 4) is 0 Å². The van der Waals surface area contributed by atoms with Crippen molar-refractivity contribution in [1.29, 1.82) is 0 Å². The van der Waals surface area contributed by atoms with E-state index in [1.165, 1.54) is 6.42 Å². The van der Waals surface area contributed by atoms with Crippen molar-refractivity contribution in [2.75, 3.05) is 6.54 Å². The van der Waals surface area contributed by atoms with Crippen LogP contribution in [0.15, 0.2) is 11.5 Å². The molecule has 0 aliphatic carbocycles. The number of allylic oxidation sites excluding steroid dienone is 1. The molecule has 1 aliphatic heterocycles. The third-order valence-corrected chi connectivity index (χ3v) is 2.15. The van der Waals surface area contributed by atoms with Crippen molar-refractivity contribution < 1.29 is 0 Å². The van der Waals surface area contributed by atoms with E-state index in [1.807, 2.05) is 11.8 Å². The molecular formula is C5H9NS. The Morgan fingerprint density at radius 1 is 1.86 bits per heavy atom. The number of hydrogen-bond donors (Lipinski definition) is 1. The predicted molar refractivity (Wildman–Crippen MR) is 34.2 cm³/mol. The third kappa shape index (κ3) is 1.21. The van der Waals surface area contributed by atoms with Gasteiger partial charge in [0.15, 0.2) is 0 Å². The summed E-state index contributed by atoms with van der Waals surface area (Å²) in [7, 11) is 0. The Balaban J connectivity index is 2.22. The first kappa shape index (κ1) is 5.19. The van der Waals surface area contributed by atoms with Gasteiger partial charge in [-0.15, -0.1) is 11.8 Å². The molecule has 40 valence electrons. The van der Waals surface area contributed by atoms with Crippen LogP contribution in [0, 0.1) is 0 Å². The van der Waals surface area contributed by atoms with Gasteiger partial charge in [0.2, 0.25) is 0 Å². The second-order valence-electron chi connectivity index (χ2n) is 1.60. The topological polar surface area (TPSA) is 26.0 Å². The van der Waals surface area contributed by atoms with E-state index in [0.29, 0.717) is 5.25 Å². The summed E-state index contributed by atoms with van der Waals surface area (Å²) in [5.74, 6) is 0. The van der Waals surface area contributed by atoms with Crippen molar-refractivity contribution >= 4 is 11.8 Å². The number of thioether (sulfide) groups is 1. The normalized spacial score (nSPS) is 29.0. The molecule has 0 aromatic heterocycles. The molecule has 0 spiro atoms. The molecule has 1 rings (SSSR count). The van der Waals surface area contributed by atoms with Crippen molar-refractivity contribution in [2.45, 2.75) is 11.7 Å². The second kappa shape index (κ2) is 2.38. The number of hydrogen-bond acceptors (Lipinski definition) is 2. The minimum atomic E-state index is 0.681. The Labute approximate surface area is 48.0 Å². The van der Waals surface area contributed by atoms with Crippen LogP contribution in [0.5, 0.6) is 0 Å². The van der Waals surface area contributed by atoms with Crippen LogP contribution in [0.4, 0.5) is 0 Å². The van der Waals surface area contributed by atoms with Gasteiger partial charge in [0, 0.05) is 11.8 Å². The quantitative estimate of drug-likeness (QED) is 0.551. The molecule has 1 nitrogen and oxygen atoms in total. The lowest BCUT2D eigenvalue weighted by atomic mass is 10.3. The van der Waals surface area contributed by atoms with Gasteiger partial charge in [-0.3, -0.25) is 0 Å². The smallest absolute Gasteiger partial charge is 0.0246 e. The fraction of sp³-hybridized carbons (Fsp3) is 0.600. The zero-order valence-corrected chi connectivity index (χ0v) is 4.95. The van der Waals surface area contributed by atoms with Gasteiger partial charge in [0.25, 0.3) is 0 Å². The largest absolute Gasteiger partial charge is 0.329 e. The lowest BCUT2D eigenvalue weighted by molar-refractivity contribution is 0.889. The Hall–Kier alpha value is 0.0500. The van der Waals surface area contributed by atoms with Gasteiger partial charge < -0.3 is 5.73 Å². The van der Waals surface area contributed by atoms with E-state index in [2.05, 4.69) is 11.5 Å². The maximum absolute atomic E-state index is 5.37. The molecule has 0 saturated carbocycles. The summed E-state index contributed by atoms with van der Waals surface area (Å²) in [6.45, 7) is 0.817. The van der Waals surface area contributed by atoms with E-state index in [0.717, 1.165) is 6.54 Å². The Morgan fingerprint density at radius 3 is 3.00 bits per heavy atom. The molecule has 0 saturated heterocycles. The molecule has 1 heterocycles. The van der Waals surface area contributed by atoms with Gasteiger partial charge >= 0.3 is 0 Å². The summed E-state index contributed by atoms with van der Waals surface area (Å²) in [5, 5.41) is 2.80. The number of rotatable bonds is 1. The van der Waals surface area contributed by atoms with Crippen LogP contribution in [0.1, 0.15) is 6.42 Å². The summed E-state index contributed by atoms with van der Waals surface area (Å²) < 4.78 is 0. The fourth-order valence-electron chi connectivity index (χ4n) is 0.581. The second-order valence-corrected chi connectivity index (χ2v) is 2.81. The standard InChI is InChI=1S/C5H9NS/c6-4-5-2-1-3-7-5/h1,3,5H,2,4,6H2. The Kier molecular flexibility index (Phi) is 1.77. The van der Waals surface area contributed by atoms with Crippen LogP contribution >= 0.6 is 11.8 Å². The maximum Gasteiger partial charge on any atom is 0.0246 e. The zero-order valence-electron chi connectivity index (χ0n) is 4.13. The van der Waals surface area contributed by atoms with Gasteiger partial charge in [-0.2, -0.15) is 0 Å². The summed E-state index contributed by atoms with van der Waals surface area (Å²) in [5.41, 5.74) is 5.37. The molecule has 0 radical (unpaired) electrons. The molecule has 2 N–H and O–H groups in total. The van der Waals surface area contributed by atoms with Crippen LogP contribution in [-0.4, -0.2) is 11.8 Å². The minimum absolute atomic E-state index is 0.681. The lowest BCUT2D eigenvalue weighted by Crippen LogP contribution is -2.12. The molecule has 0 fully saturated rings. The van der Waals surface area contributed by atoms with Crippen molar-refractivity contribution in [3.63, 3.8) is 0 Å². The molecule has 2 heteroatoms. The van der Waals surface area contributed by atoms with Crippen LogP contribution in [-0.2, 0) is 0 Å². The highest BCUT2D eigenvalue weighted by molar-refractivity contribution is 8.03. The fourth-order valence-corrected chi connectivity index (χ4v) is 1.36. The molecular weight excluding hydrogens is 106 g/mol. The first-order valence-electron chi connectivity index (χ1n) is 2.44. The van der Waals surface area contributed by atoms with E-state index in [9.17, 15) is 0 Å². The van der Waals surface area contributed by atoms with Gasteiger partial charge in [-0.25, -0.2) is 0 Å². The highest BCUT2D eigenvalue weighted by atomic mass is 32.2. The maximum atomic E-state index is 5.37. The Morgan fingerprint density at radius 2 is 2.71 bits per heavy atom. The monoisotopic (exact) mass is 115 g/mol. The van der Waals surface area contributed by atoms with Crippen molar-refractivity contribution in [3.05, 3.63) is 11.5 Å². The van der Waals surface area contributed by atoms with Gasteiger partial charge in [0.1, 0.15) is 0 Å². The Bertz CT molecular complexity index is 72.1. The van der Waals surface area contributed by atoms with Gasteiger partial charge in [-0.05, 0) is 11.8 Å². The summed E-state index contributed by atoms with van der Waals surface area (Å²) in [6.07, 6.45) is 3.34. The molecule has 1 aliphatic rings. The van der Waals surface area contributed by atoms with E-state index < -0.39 is 0 Å². The van der Waals surface area contributed by atoms with E-state index in [4.69, 9.17) is 5.73 Å². The summed E-state index contributed by atoms with van der Waals surface area (Å²) >= 11 is 1.84. The van der Waals surface area contributed by atoms with E-state index in [1.54, 1.807) is 0 Å². The minimum Gasteiger partial charge on any atom is -0.329 e. The average molecular weight is 115 g/mol. The van der Waals surface area contributed by atoms with Crippen LogP contribution < -0.4 is 5.73 Å². The molecule has 0 bridgehead atoms. The van der Waals surface area contributed by atoms with Gasteiger partial charge in [-0.1, -0.05) is 6.08 Å². The predicted octanol–water partition coefficient (Wildman–Crippen LogP) is 0.964. The highest BCUT2D eigenvalue weighted by Gasteiger charge is 2.06. The SMILES string of the molecule is NCC1CC=CS1. The summed E-state index contributed by atoms with van der Waals surface area (Å²) in [4.78, 5) is 0. The molecule has 0 aromatic carbocycles. The highest BCUT2D eigenvalue weighted by Crippen LogP contribution is 2.21. The first-order valence-corrected chi connectivity index (χ1v) is 3.38. The van der Waals surface area contributed by atoms with Crippen molar-refractivity contribution in [2.24, 2.45) is 5.73 Å². The van der Waals surface area contributed by atoms with Crippen molar-refractivity contribution in [1.82, 2.24) is 0 Å². The third-order valence-electron chi connectivity index (χ3n) is 1.03. The molecule has 1 atom stereocenters. The van der Waals surface area contributed by atoms with Crippen LogP contribution in [0.3, 0.4) is 0 Å². The average Bonchev–Trinajstić information content (AvgIpc) is 2.14. The van der Waals surface area contributed by atoms with E-state index >= 15 is 0 Å². The van der Waals surface area contributed by atoms with Gasteiger partial charge in [0.05, 0.1) is 0 Å². The molecule has 1 unspecified atom stereocenters. The zero-order chi connectivity index (χ0) is 5.11. The first-order chi connectivity index (χ1) is 3.43. The summed E-state index contributed by atoms with van der Waals surface area (Å²) in [6, 6.07) is 0. The van der Waals surface area contributed by atoms with E-state index in [-0.39, 0.29) is 0 Å². The number of nitrogens with two attached hydrogens (primary N) is 1. The van der Waals surface area contributed by atoms with Crippen LogP contribution in [0.25, 0.3) is 0 Å². The molecule has 0 aromatic rings. The van der Waals surface area contributed by atoms with Crippen LogP contribution in [0.2, 0.25) is 0 Å². The molecule has 0 amide bonds. The molecule has 7 heavy (non-hydrogen) atoms. The lowest BCUT2D eigenvalue weighted by Gasteiger charge is -1.99.